The lowest BCUT2D eigenvalue weighted by atomic mass is 10.1. The number of carbonyl (C=O) groups excluding carboxylic acids is 3. The fourth-order valence-corrected chi connectivity index (χ4v) is 3.12. The molecule has 1 heterocycles. The Morgan fingerprint density at radius 3 is 2.46 bits per heavy atom. The molecule has 0 aromatic heterocycles. The molecule has 0 saturated carbocycles. The number of nitrogens with one attached hydrogen (secondary N) is 2. The minimum Gasteiger partial charge on any atom is -0.465 e. The molecule has 1 unspecified atom stereocenters. The van der Waals surface area contributed by atoms with E-state index in [2.05, 4.69) is 15.4 Å². The van der Waals surface area contributed by atoms with Crippen molar-refractivity contribution < 1.29 is 19.1 Å². The van der Waals surface area contributed by atoms with Crippen LogP contribution in [0.15, 0.2) is 54.6 Å². The van der Waals surface area contributed by atoms with Crippen LogP contribution in [0.3, 0.4) is 0 Å². The van der Waals surface area contributed by atoms with E-state index in [9.17, 15) is 14.4 Å². The maximum Gasteiger partial charge on any atom is 0.337 e. The molecule has 7 heteroatoms. The first kappa shape index (κ1) is 19.4. The maximum absolute atomic E-state index is 12.2. The lowest BCUT2D eigenvalue weighted by Gasteiger charge is -2.17. The summed E-state index contributed by atoms with van der Waals surface area (Å²) >= 11 is 0. The topological polar surface area (TPSA) is 87.7 Å². The first-order chi connectivity index (χ1) is 13.5. The average molecular weight is 381 g/mol. The van der Waals surface area contributed by atoms with Crippen LogP contribution in [0, 0.1) is 0 Å². The van der Waals surface area contributed by atoms with Gasteiger partial charge in [-0.15, -0.1) is 0 Å². The van der Waals surface area contributed by atoms with Crippen LogP contribution < -0.4 is 10.6 Å². The van der Waals surface area contributed by atoms with Gasteiger partial charge in [0.2, 0.25) is 5.91 Å². The molecule has 0 radical (unpaired) electrons. The van der Waals surface area contributed by atoms with Gasteiger partial charge in [0, 0.05) is 26.1 Å². The molecule has 1 atom stereocenters. The van der Waals surface area contributed by atoms with Crippen molar-refractivity contribution in [3.8, 4) is 0 Å². The van der Waals surface area contributed by atoms with Crippen molar-refractivity contribution in [3.05, 3.63) is 71.3 Å². The van der Waals surface area contributed by atoms with Gasteiger partial charge in [0.1, 0.15) is 0 Å². The van der Waals surface area contributed by atoms with Crippen molar-refractivity contribution in [1.82, 2.24) is 15.5 Å². The third-order valence-electron chi connectivity index (χ3n) is 4.59. The molecule has 7 nitrogen and oxygen atoms in total. The number of amides is 3. The zero-order chi connectivity index (χ0) is 19.9. The Kier molecular flexibility index (Phi) is 6.26. The molecule has 0 aliphatic carbocycles. The molecule has 1 fully saturated rings. The maximum atomic E-state index is 12.2. The Hall–Kier alpha value is -3.35. The number of rotatable bonds is 6. The summed E-state index contributed by atoms with van der Waals surface area (Å²) in [5.74, 6) is -0.365. The largest absolute Gasteiger partial charge is 0.465 e. The highest BCUT2D eigenvalue weighted by molar-refractivity contribution is 5.89. The number of likely N-dealkylation sites (tertiary alicyclic amines) is 1. The van der Waals surface area contributed by atoms with Gasteiger partial charge in [0.15, 0.2) is 0 Å². The number of nitrogens with zero attached hydrogens (tertiary/aromatic N) is 1. The monoisotopic (exact) mass is 381 g/mol. The summed E-state index contributed by atoms with van der Waals surface area (Å²) < 4.78 is 4.65. The normalized spacial score (nSPS) is 16.0. The van der Waals surface area contributed by atoms with E-state index in [0.29, 0.717) is 31.6 Å². The van der Waals surface area contributed by atoms with Crippen LogP contribution >= 0.6 is 0 Å². The third kappa shape index (κ3) is 5.09. The highest BCUT2D eigenvalue weighted by Crippen LogP contribution is 2.15. The predicted octanol–water partition coefficient (Wildman–Crippen LogP) is 2.07. The molecule has 1 aliphatic rings. The van der Waals surface area contributed by atoms with Crippen LogP contribution in [0.4, 0.5) is 4.79 Å². The standard InChI is InChI=1S/C21H23N3O4/c1-28-20(26)17-9-7-15(8-10-17)12-22-21(27)23-18-11-19(25)24(14-18)13-16-5-3-2-4-6-16/h2-10,18H,11-14H2,1H3,(H2,22,23,27). The van der Waals surface area contributed by atoms with Gasteiger partial charge >= 0.3 is 12.0 Å². The van der Waals surface area contributed by atoms with Crippen molar-refractivity contribution in [2.24, 2.45) is 0 Å². The first-order valence-corrected chi connectivity index (χ1v) is 9.08. The van der Waals surface area contributed by atoms with E-state index in [4.69, 9.17) is 0 Å². The molecule has 2 N–H and O–H groups in total. The van der Waals surface area contributed by atoms with Gasteiger partial charge in [-0.3, -0.25) is 4.79 Å². The van der Waals surface area contributed by atoms with Crippen LogP contribution in [0.25, 0.3) is 0 Å². The van der Waals surface area contributed by atoms with E-state index >= 15 is 0 Å². The number of hydrogen-bond donors (Lipinski definition) is 2. The van der Waals surface area contributed by atoms with Crippen LogP contribution in [0.2, 0.25) is 0 Å². The third-order valence-corrected chi connectivity index (χ3v) is 4.59. The van der Waals surface area contributed by atoms with E-state index in [1.807, 2.05) is 30.3 Å². The number of esters is 1. The fourth-order valence-electron chi connectivity index (χ4n) is 3.12. The molecule has 2 aromatic carbocycles. The van der Waals surface area contributed by atoms with Gasteiger partial charge in [-0.05, 0) is 23.3 Å². The Morgan fingerprint density at radius 2 is 1.79 bits per heavy atom. The Labute approximate surface area is 163 Å². The quantitative estimate of drug-likeness (QED) is 0.750. The number of benzene rings is 2. The summed E-state index contributed by atoms with van der Waals surface area (Å²) in [7, 11) is 1.33. The Balaban J connectivity index is 1.45. The van der Waals surface area contributed by atoms with Crippen LogP contribution in [0.1, 0.15) is 27.9 Å². The van der Waals surface area contributed by atoms with E-state index < -0.39 is 5.97 Å². The average Bonchev–Trinajstić information content (AvgIpc) is 3.05. The number of ether oxygens (including phenoxy) is 1. The lowest BCUT2D eigenvalue weighted by Crippen LogP contribution is -2.43. The van der Waals surface area contributed by atoms with Gasteiger partial charge in [0.05, 0.1) is 18.7 Å². The minimum atomic E-state index is -0.400. The Bertz CT molecular complexity index is 836. The van der Waals surface area contributed by atoms with Gasteiger partial charge in [-0.1, -0.05) is 42.5 Å². The summed E-state index contributed by atoms with van der Waals surface area (Å²) in [5, 5.41) is 5.62. The molecular formula is C21H23N3O4. The zero-order valence-electron chi connectivity index (χ0n) is 15.7. The fraction of sp³-hybridized carbons (Fsp3) is 0.286. The summed E-state index contributed by atoms with van der Waals surface area (Å²) in [4.78, 5) is 37.5. The van der Waals surface area contributed by atoms with Crippen LogP contribution in [-0.2, 0) is 22.6 Å². The lowest BCUT2D eigenvalue weighted by molar-refractivity contribution is -0.128. The van der Waals surface area contributed by atoms with Crippen LogP contribution in [-0.4, -0.2) is 42.5 Å². The summed E-state index contributed by atoms with van der Waals surface area (Å²) in [6.45, 7) is 1.36. The van der Waals surface area contributed by atoms with Gasteiger partial charge in [-0.25, -0.2) is 9.59 Å². The van der Waals surface area contributed by atoms with E-state index in [1.165, 1.54) is 7.11 Å². The first-order valence-electron chi connectivity index (χ1n) is 9.08. The molecule has 0 bridgehead atoms. The highest BCUT2D eigenvalue weighted by atomic mass is 16.5. The second-order valence-corrected chi connectivity index (χ2v) is 6.68. The molecule has 146 valence electrons. The molecule has 1 aliphatic heterocycles. The zero-order valence-corrected chi connectivity index (χ0v) is 15.7. The molecular weight excluding hydrogens is 358 g/mol. The van der Waals surface area contributed by atoms with Crippen molar-refractivity contribution in [1.29, 1.82) is 0 Å². The van der Waals surface area contributed by atoms with Gasteiger partial charge < -0.3 is 20.3 Å². The SMILES string of the molecule is COC(=O)c1ccc(CNC(=O)NC2CC(=O)N(Cc3ccccc3)C2)cc1. The number of hydrogen-bond acceptors (Lipinski definition) is 4. The summed E-state index contributed by atoms with van der Waals surface area (Å²) in [6, 6.07) is 16.1. The second-order valence-electron chi connectivity index (χ2n) is 6.68. The van der Waals surface area contributed by atoms with Crippen molar-refractivity contribution in [2.75, 3.05) is 13.7 Å². The Morgan fingerprint density at radius 1 is 1.07 bits per heavy atom. The molecule has 28 heavy (non-hydrogen) atoms. The number of methoxy groups -OCH3 is 1. The molecule has 3 rings (SSSR count). The van der Waals surface area contributed by atoms with E-state index in [0.717, 1.165) is 11.1 Å². The number of carbonyl (C=O) groups is 3. The smallest absolute Gasteiger partial charge is 0.337 e. The van der Waals surface area contributed by atoms with Crippen molar-refractivity contribution in [2.45, 2.75) is 25.6 Å². The number of urea groups is 1. The van der Waals surface area contributed by atoms with Gasteiger partial charge in [-0.2, -0.15) is 0 Å². The molecule has 0 spiro atoms. The highest BCUT2D eigenvalue weighted by Gasteiger charge is 2.30. The molecule has 3 amide bonds. The molecule has 2 aromatic rings. The summed E-state index contributed by atoms with van der Waals surface area (Å²) in [5.41, 5.74) is 2.38. The minimum absolute atomic E-state index is 0.0348. The molecule has 1 saturated heterocycles. The predicted molar refractivity (Wildman–Crippen MR) is 103 cm³/mol. The summed E-state index contributed by atoms with van der Waals surface area (Å²) in [6.07, 6.45) is 0.300. The second kappa shape index (κ2) is 9.03. The van der Waals surface area contributed by atoms with Crippen LogP contribution in [0.5, 0.6) is 0 Å². The van der Waals surface area contributed by atoms with E-state index in [-0.39, 0.29) is 18.0 Å². The van der Waals surface area contributed by atoms with E-state index in [1.54, 1.807) is 29.2 Å². The van der Waals surface area contributed by atoms with Crippen molar-refractivity contribution in [3.63, 3.8) is 0 Å². The van der Waals surface area contributed by atoms with Gasteiger partial charge in [0.25, 0.3) is 0 Å². The van der Waals surface area contributed by atoms with Crippen molar-refractivity contribution >= 4 is 17.9 Å².